The van der Waals surface area contributed by atoms with Gasteiger partial charge in [0, 0.05) is 5.02 Å². The highest BCUT2D eigenvalue weighted by Crippen LogP contribution is 2.29. The van der Waals surface area contributed by atoms with Crippen LogP contribution in [0.25, 0.3) is 0 Å². The van der Waals surface area contributed by atoms with E-state index in [4.69, 9.17) is 32.7 Å². The largest absolute Gasteiger partial charge is 0.477 e. The van der Waals surface area contributed by atoms with Crippen LogP contribution in [0.15, 0.2) is 18.2 Å². The van der Waals surface area contributed by atoms with Crippen molar-refractivity contribution in [2.24, 2.45) is 0 Å². The number of esters is 1. The SMILES string of the molecule is C[C@@H](Oc1ccc(Cl)cc1Cl)C(=O)OCC(=O)NC1(C#N)CCCCC1. The summed E-state index contributed by atoms with van der Waals surface area (Å²) < 4.78 is 10.4. The zero-order chi connectivity index (χ0) is 19.2. The van der Waals surface area contributed by atoms with E-state index >= 15 is 0 Å². The van der Waals surface area contributed by atoms with Gasteiger partial charge in [-0.25, -0.2) is 4.79 Å². The molecule has 140 valence electrons. The molecule has 1 aliphatic carbocycles. The Bertz CT molecular complexity index is 712. The van der Waals surface area contributed by atoms with E-state index < -0.39 is 30.1 Å². The Morgan fingerprint density at radius 1 is 1.31 bits per heavy atom. The first-order chi connectivity index (χ1) is 12.3. The first kappa shape index (κ1) is 20.3. The molecular weight excluding hydrogens is 379 g/mol. The molecule has 0 aromatic heterocycles. The van der Waals surface area contributed by atoms with Crippen molar-refractivity contribution in [2.45, 2.75) is 50.7 Å². The maximum Gasteiger partial charge on any atom is 0.347 e. The van der Waals surface area contributed by atoms with Gasteiger partial charge in [-0.2, -0.15) is 5.26 Å². The fourth-order valence-corrected chi connectivity index (χ4v) is 3.24. The van der Waals surface area contributed by atoms with Gasteiger partial charge >= 0.3 is 5.97 Å². The predicted octanol–water partition coefficient (Wildman–Crippen LogP) is 3.65. The number of rotatable bonds is 6. The molecule has 1 N–H and O–H groups in total. The molecule has 1 fully saturated rings. The van der Waals surface area contributed by atoms with E-state index in [1.807, 2.05) is 0 Å². The molecule has 0 spiro atoms. The number of hydrogen-bond donors (Lipinski definition) is 1. The summed E-state index contributed by atoms with van der Waals surface area (Å²) in [5, 5.41) is 12.8. The molecule has 0 heterocycles. The van der Waals surface area contributed by atoms with Crippen molar-refractivity contribution < 1.29 is 19.1 Å². The van der Waals surface area contributed by atoms with Crippen molar-refractivity contribution >= 4 is 35.1 Å². The summed E-state index contributed by atoms with van der Waals surface area (Å²) in [5.41, 5.74) is -0.860. The quantitative estimate of drug-likeness (QED) is 0.738. The van der Waals surface area contributed by atoms with E-state index in [2.05, 4.69) is 11.4 Å². The lowest BCUT2D eigenvalue weighted by atomic mass is 9.83. The fourth-order valence-electron chi connectivity index (χ4n) is 2.79. The van der Waals surface area contributed by atoms with Gasteiger partial charge in [-0.1, -0.05) is 42.5 Å². The summed E-state index contributed by atoms with van der Waals surface area (Å²) >= 11 is 11.8. The molecule has 2 rings (SSSR count). The van der Waals surface area contributed by atoms with Crippen molar-refractivity contribution in [3.05, 3.63) is 28.2 Å². The van der Waals surface area contributed by atoms with Crippen molar-refractivity contribution in [1.82, 2.24) is 5.32 Å². The van der Waals surface area contributed by atoms with Gasteiger partial charge in [0.25, 0.3) is 5.91 Å². The summed E-state index contributed by atoms with van der Waals surface area (Å²) in [6.45, 7) is 1.02. The molecule has 8 heteroatoms. The Balaban J connectivity index is 1.83. The first-order valence-electron chi connectivity index (χ1n) is 8.36. The Morgan fingerprint density at radius 3 is 2.62 bits per heavy atom. The van der Waals surface area contributed by atoms with Crippen LogP contribution >= 0.6 is 23.2 Å². The van der Waals surface area contributed by atoms with Crippen LogP contribution in [-0.2, 0) is 14.3 Å². The van der Waals surface area contributed by atoms with E-state index in [0.717, 1.165) is 19.3 Å². The molecule has 1 aliphatic rings. The van der Waals surface area contributed by atoms with E-state index in [-0.39, 0.29) is 10.8 Å². The second-order valence-corrected chi connectivity index (χ2v) is 7.09. The molecule has 0 aliphatic heterocycles. The zero-order valence-electron chi connectivity index (χ0n) is 14.4. The molecule has 6 nitrogen and oxygen atoms in total. The number of nitrogens with zero attached hydrogens (tertiary/aromatic N) is 1. The Labute approximate surface area is 162 Å². The number of carbonyl (C=O) groups excluding carboxylic acids is 2. The normalized spacial score (nSPS) is 16.8. The Hall–Kier alpha value is -1.97. The molecule has 1 atom stereocenters. The van der Waals surface area contributed by atoms with Crippen LogP contribution in [-0.4, -0.2) is 30.1 Å². The van der Waals surface area contributed by atoms with Crippen LogP contribution < -0.4 is 10.1 Å². The van der Waals surface area contributed by atoms with Crippen LogP contribution in [0, 0.1) is 11.3 Å². The van der Waals surface area contributed by atoms with Crippen LogP contribution in [0.3, 0.4) is 0 Å². The van der Waals surface area contributed by atoms with E-state index in [1.165, 1.54) is 13.0 Å². The molecular formula is C18H20Cl2N2O4. The highest BCUT2D eigenvalue weighted by atomic mass is 35.5. The monoisotopic (exact) mass is 398 g/mol. The molecule has 1 saturated carbocycles. The van der Waals surface area contributed by atoms with Gasteiger partial charge < -0.3 is 14.8 Å². The average Bonchev–Trinajstić information content (AvgIpc) is 2.62. The third kappa shape index (κ3) is 5.52. The number of carbonyl (C=O) groups is 2. The Kier molecular flexibility index (Phi) is 7.13. The van der Waals surface area contributed by atoms with Gasteiger partial charge in [0.15, 0.2) is 12.7 Å². The third-order valence-corrected chi connectivity index (χ3v) is 4.71. The lowest BCUT2D eigenvalue weighted by molar-refractivity contribution is -0.155. The van der Waals surface area contributed by atoms with Gasteiger partial charge in [-0.05, 0) is 38.0 Å². The maximum absolute atomic E-state index is 12.0. The van der Waals surface area contributed by atoms with Gasteiger partial charge in [0.2, 0.25) is 0 Å². The topological polar surface area (TPSA) is 88.4 Å². The second-order valence-electron chi connectivity index (χ2n) is 6.25. The number of nitrogens with one attached hydrogen (secondary N) is 1. The highest BCUT2D eigenvalue weighted by molar-refractivity contribution is 6.35. The number of halogens is 2. The van der Waals surface area contributed by atoms with Crippen molar-refractivity contribution in [1.29, 1.82) is 5.26 Å². The minimum atomic E-state index is -0.957. The fraction of sp³-hybridized carbons (Fsp3) is 0.500. The van der Waals surface area contributed by atoms with Crippen LogP contribution in [0.1, 0.15) is 39.0 Å². The summed E-state index contributed by atoms with van der Waals surface area (Å²) in [6, 6.07) is 6.80. The first-order valence-corrected chi connectivity index (χ1v) is 9.11. The maximum atomic E-state index is 12.0. The average molecular weight is 399 g/mol. The molecule has 0 unspecified atom stereocenters. The third-order valence-electron chi connectivity index (χ3n) is 4.17. The van der Waals surface area contributed by atoms with Gasteiger partial charge in [-0.3, -0.25) is 4.79 Å². The number of amides is 1. The summed E-state index contributed by atoms with van der Waals surface area (Å²) in [5.74, 6) is -0.921. The molecule has 0 radical (unpaired) electrons. The van der Waals surface area contributed by atoms with Crippen LogP contribution in [0.5, 0.6) is 5.75 Å². The molecule has 1 amide bonds. The molecule has 26 heavy (non-hydrogen) atoms. The Morgan fingerprint density at radius 2 is 2.00 bits per heavy atom. The van der Waals surface area contributed by atoms with Crippen LogP contribution in [0.2, 0.25) is 10.0 Å². The molecule has 0 bridgehead atoms. The highest BCUT2D eigenvalue weighted by Gasteiger charge is 2.33. The van der Waals surface area contributed by atoms with Gasteiger partial charge in [0.1, 0.15) is 11.3 Å². The number of hydrogen-bond acceptors (Lipinski definition) is 5. The van der Waals surface area contributed by atoms with Crippen molar-refractivity contribution in [3.8, 4) is 11.8 Å². The summed E-state index contributed by atoms with van der Waals surface area (Å²) in [7, 11) is 0. The number of benzene rings is 1. The van der Waals surface area contributed by atoms with Crippen molar-refractivity contribution in [3.63, 3.8) is 0 Å². The second kappa shape index (κ2) is 9.11. The lowest BCUT2D eigenvalue weighted by Gasteiger charge is -2.31. The molecule has 1 aromatic carbocycles. The van der Waals surface area contributed by atoms with Gasteiger partial charge in [-0.15, -0.1) is 0 Å². The zero-order valence-corrected chi connectivity index (χ0v) is 15.9. The van der Waals surface area contributed by atoms with Gasteiger partial charge in [0.05, 0.1) is 11.1 Å². The molecule has 1 aromatic rings. The van der Waals surface area contributed by atoms with E-state index in [9.17, 15) is 14.9 Å². The predicted molar refractivity (Wildman–Crippen MR) is 97.1 cm³/mol. The van der Waals surface area contributed by atoms with Crippen LogP contribution in [0.4, 0.5) is 0 Å². The number of ether oxygens (including phenoxy) is 2. The van der Waals surface area contributed by atoms with E-state index in [0.29, 0.717) is 17.9 Å². The number of nitriles is 1. The standard InChI is InChI=1S/C18H20Cl2N2O4/c1-12(26-15-6-5-13(19)9-14(15)20)17(24)25-10-16(23)22-18(11-21)7-3-2-4-8-18/h5-6,9,12H,2-4,7-8,10H2,1H3,(H,22,23)/t12-/m1/s1. The van der Waals surface area contributed by atoms with E-state index in [1.54, 1.807) is 12.1 Å². The molecule has 0 saturated heterocycles. The minimum Gasteiger partial charge on any atom is -0.477 e. The summed E-state index contributed by atoms with van der Waals surface area (Å²) in [4.78, 5) is 24.0. The lowest BCUT2D eigenvalue weighted by Crippen LogP contribution is -2.50. The summed E-state index contributed by atoms with van der Waals surface area (Å²) in [6.07, 6.45) is 3.09. The minimum absolute atomic E-state index is 0.267. The van der Waals surface area contributed by atoms with Crippen molar-refractivity contribution in [2.75, 3.05) is 6.61 Å². The smallest absolute Gasteiger partial charge is 0.347 e.